The minimum atomic E-state index is -0.207. The normalized spacial score (nSPS) is 10.3. The summed E-state index contributed by atoms with van der Waals surface area (Å²) in [5.41, 5.74) is 2.49. The van der Waals surface area contributed by atoms with E-state index >= 15 is 0 Å². The molecule has 0 radical (unpaired) electrons. The molecule has 0 aliphatic carbocycles. The quantitative estimate of drug-likeness (QED) is 0.538. The van der Waals surface area contributed by atoms with Gasteiger partial charge in [0.25, 0.3) is 0 Å². The second-order valence-electron chi connectivity index (χ2n) is 6.20. The SMILES string of the molecule is COc1ccc(OC)c(Nc2nc(CC(=O)Nc3cccc(C(C)=O)c3)cs2)c1. The number of thiazole rings is 1. The van der Waals surface area contributed by atoms with Crippen LogP contribution in [0.1, 0.15) is 23.0 Å². The van der Waals surface area contributed by atoms with Crippen molar-refractivity contribution in [3.63, 3.8) is 0 Å². The Bertz CT molecular complexity index is 1030. The fraction of sp³-hybridized carbons (Fsp3) is 0.190. The number of carbonyl (C=O) groups excluding carboxylic acids is 2. The van der Waals surface area contributed by atoms with Crippen LogP contribution in [-0.2, 0) is 11.2 Å². The van der Waals surface area contributed by atoms with Gasteiger partial charge in [0, 0.05) is 22.7 Å². The lowest BCUT2D eigenvalue weighted by molar-refractivity contribution is -0.115. The van der Waals surface area contributed by atoms with Gasteiger partial charge in [0.2, 0.25) is 5.91 Å². The molecule has 2 N–H and O–H groups in total. The average molecular weight is 411 g/mol. The van der Waals surface area contributed by atoms with Gasteiger partial charge in [0.1, 0.15) is 11.5 Å². The second kappa shape index (κ2) is 9.20. The molecule has 150 valence electrons. The lowest BCUT2D eigenvalue weighted by atomic mass is 10.1. The maximum absolute atomic E-state index is 12.3. The van der Waals surface area contributed by atoms with Gasteiger partial charge in [-0.05, 0) is 31.2 Å². The minimum absolute atomic E-state index is 0.0516. The van der Waals surface area contributed by atoms with Gasteiger partial charge in [-0.25, -0.2) is 4.98 Å². The molecule has 0 unspecified atom stereocenters. The Morgan fingerprint density at radius 3 is 2.66 bits per heavy atom. The van der Waals surface area contributed by atoms with Gasteiger partial charge in [-0.1, -0.05) is 12.1 Å². The summed E-state index contributed by atoms with van der Waals surface area (Å²) < 4.78 is 10.6. The zero-order valence-electron chi connectivity index (χ0n) is 16.3. The van der Waals surface area contributed by atoms with Crippen molar-refractivity contribution in [2.45, 2.75) is 13.3 Å². The number of nitrogens with zero attached hydrogens (tertiary/aromatic N) is 1. The van der Waals surface area contributed by atoms with Gasteiger partial charge in [-0.15, -0.1) is 11.3 Å². The van der Waals surface area contributed by atoms with Crippen molar-refractivity contribution < 1.29 is 19.1 Å². The van der Waals surface area contributed by atoms with Crippen LogP contribution < -0.4 is 20.1 Å². The van der Waals surface area contributed by atoms with Crippen molar-refractivity contribution in [1.29, 1.82) is 0 Å². The van der Waals surface area contributed by atoms with Crippen molar-refractivity contribution in [3.8, 4) is 11.5 Å². The highest BCUT2D eigenvalue weighted by molar-refractivity contribution is 7.13. The van der Waals surface area contributed by atoms with E-state index in [1.165, 1.54) is 18.3 Å². The van der Waals surface area contributed by atoms with Crippen LogP contribution in [0.15, 0.2) is 47.8 Å². The highest BCUT2D eigenvalue weighted by Crippen LogP contribution is 2.32. The molecular weight excluding hydrogens is 390 g/mol. The maximum atomic E-state index is 12.3. The third kappa shape index (κ3) is 5.32. The number of nitrogens with one attached hydrogen (secondary N) is 2. The first-order valence-electron chi connectivity index (χ1n) is 8.83. The van der Waals surface area contributed by atoms with Crippen molar-refractivity contribution in [3.05, 3.63) is 59.1 Å². The predicted molar refractivity (Wildman–Crippen MR) is 114 cm³/mol. The smallest absolute Gasteiger partial charge is 0.230 e. The maximum Gasteiger partial charge on any atom is 0.230 e. The number of ether oxygens (including phenoxy) is 2. The summed E-state index contributed by atoms with van der Waals surface area (Å²) in [6.45, 7) is 1.49. The molecule has 1 aromatic heterocycles. The summed E-state index contributed by atoms with van der Waals surface area (Å²) in [4.78, 5) is 28.3. The van der Waals surface area contributed by atoms with Gasteiger partial charge < -0.3 is 20.1 Å². The van der Waals surface area contributed by atoms with Crippen molar-refractivity contribution >= 4 is 39.5 Å². The number of ketones is 1. The third-order valence-corrected chi connectivity index (χ3v) is 4.90. The highest BCUT2D eigenvalue weighted by atomic mass is 32.1. The topological polar surface area (TPSA) is 89.6 Å². The first-order chi connectivity index (χ1) is 14.0. The molecule has 0 spiro atoms. The Hall–Kier alpha value is -3.39. The molecular formula is C21H21N3O4S. The Morgan fingerprint density at radius 1 is 1.10 bits per heavy atom. The average Bonchev–Trinajstić information content (AvgIpc) is 3.14. The molecule has 1 heterocycles. The molecule has 3 rings (SSSR count). The Balaban J connectivity index is 1.65. The van der Waals surface area contributed by atoms with E-state index < -0.39 is 0 Å². The molecule has 0 bridgehead atoms. The van der Waals surface area contributed by atoms with Crippen LogP contribution in [0.25, 0.3) is 0 Å². The van der Waals surface area contributed by atoms with E-state index in [0.717, 1.165) is 5.69 Å². The number of rotatable bonds is 8. The zero-order chi connectivity index (χ0) is 20.8. The molecule has 2 aromatic carbocycles. The van der Waals surface area contributed by atoms with Gasteiger partial charge in [0.15, 0.2) is 10.9 Å². The molecule has 0 aliphatic heterocycles. The van der Waals surface area contributed by atoms with Crippen LogP contribution in [0.4, 0.5) is 16.5 Å². The zero-order valence-corrected chi connectivity index (χ0v) is 17.1. The number of methoxy groups -OCH3 is 2. The number of benzene rings is 2. The number of aromatic nitrogens is 1. The lowest BCUT2D eigenvalue weighted by Gasteiger charge is -2.10. The molecule has 0 fully saturated rings. The Kier molecular flexibility index (Phi) is 6.46. The highest BCUT2D eigenvalue weighted by Gasteiger charge is 2.11. The lowest BCUT2D eigenvalue weighted by Crippen LogP contribution is -2.15. The number of hydrogen-bond donors (Lipinski definition) is 2. The largest absolute Gasteiger partial charge is 0.497 e. The van der Waals surface area contributed by atoms with Gasteiger partial charge in [0.05, 0.1) is 32.0 Å². The summed E-state index contributed by atoms with van der Waals surface area (Å²) in [7, 11) is 3.18. The van der Waals surface area contributed by atoms with Crippen LogP contribution in [0.3, 0.4) is 0 Å². The van der Waals surface area contributed by atoms with Crippen LogP contribution >= 0.6 is 11.3 Å². The van der Waals surface area contributed by atoms with Crippen LogP contribution in [0.5, 0.6) is 11.5 Å². The molecule has 1 amide bonds. The molecule has 29 heavy (non-hydrogen) atoms. The van der Waals surface area contributed by atoms with Gasteiger partial charge in [-0.2, -0.15) is 0 Å². The monoisotopic (exact) mass is 411 g/mol. The summed E-state index contributed by atoms with van der Waals surface area (Å²) in [6, 6.07) is 12.3. The van der Waals surface area contributed by atoms with Gasteiger partial charge >= 0.3 is 0 Å². The fourth-order valence-electron chi connectivity index (χ4n) is 2.66. The van der Waals surface area contributed by atoms with E-state index in [9.17, 15) is 9.59 Å². The number of anilines is 3. The Labute approximate surface area is 172 Å². The van der Waals surface area contributed by atoms with E-state index in [0.29, 0.717) is 33.6 Å². The molecule has 0 aliphatic rings. The first-order valence-corrected chi connectivity index (χ1v) is 9.70. The number of carbonyl (C=O) groups is 2. The summed E-state index contributed by atoms with van der Waals surface area (Å²) >= 11 is 1.39. The van der Waals surface area contributed by atoms with Crippen molar-refractivity contribution in [2.75, 3.05) is 24.9 Å². The second-order valence-corrected chi connectivity index (χ2v) is 7.06. The van der Waals surface area contributed by atoms with Crippen LogP contribution in [-0.4, -0.2) is 30.9 Å². The third-order valence-electron chi connectivity index (χ3n) is 4.09. The van der Waals surface area contributed by atoms with E-state index in [1.807, 2.05) is 17.5 Å². The van der Waals surface area contributed by atoms with Crippen molar-refractivity contribution in [1.82, 2.24) is 4.98 Å². The molecule has 0 atom stereocenters. The minimum Gasteiger partial charge on any atom is -0.497 e. The molecule has 7 nitrogen and oxygen atoms in total. The van der Waals surface area contributed by atoms with Crippen molar-refractivity contribution in [2.24, 2.45) is 0 Å². The summed E-state index contributed by atoms with van der Waals surface area (Å²) in [5, 5.41) is 8.45. The molecule has 8 heteroatoms. The van der Waals surface area contributed by atoms with E-state index in [4.69, 9.17) is 9.47 Å². The van der Waals surface area contributed by atoms with E-state index in [2.05, 4.69) is 15.6 Å². The van der Waals surface area contributed by atoms with Crippen LogP contribution in [0.2, 0.25) is 0 Å². The molecule has 0 saturated heterocycles. The number of Topliss-reactive ketones (excluding diaryl/α,β-unsaturated/α-hetero) is 1. The predicted octanol–water partition coefficient (Wildman–Crippen LogP) is 4.29. The standard InChI is InChI=1S/C21H21N3O4S/c1-13(25)14-5-4-6-15(9-14)22-20(26)10-16-12-29-21(23-16)24-18-11-17(27-2)7-8-19(18)28-3/h4-9,11-12H,10H2,1-3H3,(H,22,26)(H,23,24). The summed E-state index contributed by atoms with van der Waals surface area (Å²) in [5.74, 6) is 1.09. The van der Waals surface area contributed by atoms with E-state index in [1.54, 1.807) is 44.6 Å². The summed E-state index contributed by atoms with van der Waals surface area (Å²) in [6.07, 6.45) is 0.123. The first kappa shape index (κ1) is 20.3. The fourth-order valence-corrected chi connectivity index (χ4v) is 3.38. The van der Waals surface area contributed by atoms with Gasteiger partial charge in [-0.3, -0.25) is 9.59 Å². The number of hydrogen-bond acceptors (Lipinski definition) is 7. The number of amides is 1. The van der Waals surface area contributed by atoms with Crippen LogP contribution in [0, 0.1) is 0 Å². The molecule has 3 aromatic rings. The van der Waals surface area contributed by atoms with E-state index in [-0.39, 0.29) is 18.1 Å². The Morgan fingerprint density at radius 2 is 1.93 bits per heavy atom. The molecule has 0 saturated carbocycles.